The van der Waals surface area contributed by atoms with Crippen LogP contribution in [-0.4, -0.2) is 40.6 Å². The number of hydrogen-bond acceptors (Lipinski definition) is 5. The van der Waals surface area contributed by atoms with E-state index in [4.69, 9.17) is 4.52 Å². The Morgan fingerprint density at radius 3 is 2.65 bits per heavy atom. The summed E-state index contributed by atoms with van der Waals surface area (Å²) in [5, 5.41) is 4.13. The van der Waals surface area contributed by atoms with Gasteiger partial charge in [-0.3, -0.25) is 9.69 Å². The van der Waals surface area contributed by atoms with Gasteiger partial charge in [-0.05, 0) is 57.3 Å². The number of anilines is 1. The molecule has 0 saturated carbocycles. The van der Waals surface area contributed by atoms with Crippen molar-refractivity contribution in [2.75, 3.05) is 24.5 Å². The second kappa shape index (κ2) is 8.63. The van der Waals surface area contributed by atoms with Crippen LogP contribution in [0.1, 0.15) is 36.3 Å². The lowest BCUT2D eigenvalue weighted by molar-refractivity contribution is -0.124. The molecule has 1 amide bonds. The van der Waals surface area contributed by atoms with Crippen molar-refractivity contribution >= 4 is 11.6 Å². The highest BCUT2D eigenvalue weighted by atomic mass is 16.5. The first-order chi connectivity index (χ1) is 15.2. The average molecular weight is 417 g/mol. The molecule has 6 nitrogen and oxygen atoms in total. The van der Waals surface area contributed by atoms with Crippen LogP contribution in [-0.2, 0) is 17.8 Å². The summed E-state index contributed by atoms with van der Waals surface area (Å²) in [4.78, 5) is 22.1. The van der Waals surface area contributed by atoms with Crippen LogP contribution in [0.5, 0.6) is 0 Å². The molecule has 0 spiro atoms. The normalized spacial score (nSPS) is 17.5. The largest absolute Gasteiger partial charge is 0.338 e. The van der Waals surface area contributed by atoms with Gasteiger partial charge in [0.05, 0.1) is 6.54 Å². The smallest absolute Gasteiger partial charge is 0.241 e. The number of aryl methyl sites for hydroxylation is 2. The number of fused-ring (bicyclic) bond motifs is 1. The Morgan fingerprint density at radius 2 is 1.84 bits per heavy atom. The molecule has 0 bridgehead atoms. The van der Waals surface area contributed by atoms with Crippen molar-refractivity contribution in [3.05, 3.63) is 65.5 Å². The van der Waals surface area contributed by atoms with E-state index in [1.54, 1.807) is 0 Å². The van der Waals surface area contributed by atoms with Gasteiger partial charge in [0, 0.05) is 23.7 Å². The van der Waals surface area contributed by atoms with Crippen LogP contribution in [0.15, 0.2) is 53.1 Å². The zero-order valence-electron chi connectivity index (χ0n) is 18.0. The molecular formula is C25H28N4O2. The number of amides is 1. The van der Waals surface area contributed by atoms with E-state index < -0.39 is 0 Å². The third-order valence-corrected chi connectivity index (χ3v) is 6.45. The van der Waals surface area contributed by atoms with E-state index in [1.165, 1.54) is 11.1 Å². The molecule has 0 aliphatic carbocycles. The molecule has 3 aromatic rings. The predicted octanol–water partition coefficient (Wildman–Crippen LogP) is 4.24. The molecule has 0 N–H and O–H groups in total. The van der Waals surface area contributed by atoms with Gasteiger partial charge in [-0.25, -0.2) is 0 Å². The van der Waals surface area contributed by atoms with Crippen LogP contribution in [0, 0.1) is 12.8 Å². The van der Waals surface area contributed by atoms with Crippen LogP contribution in [0.25, 0.3) is 11.4 Å². The first kappa shape index (κ1) is 19.9. The lowest BCUT2D eigenvalue weighted by Gasteiger charge is -2.36. The van der Waals surface area contributed by atoms with Crippen molar-refractivity contribution < 1.29 is 9.32 Å². The van der Waals surface area contributed by atoms with Crippen molar-refractivity contribution in [1.29, 1.82) is 0 Å². The zero-order valence-corrected chi connectivity index (χ0v) is 18.0. The Balaban J connectivity index is 1.18. The number of aromatic nitrogens is 2. The molecule has 2 aliphatic rings. The molecule has 0 atom stereocenters. The number of likely N-dealkylation sites (tertiary alicyclic amines) is 1. The van der Waals surface area contributed by atoms with Gasteiger partial charge in [-0.1, -0.05) is 53.2 Å². The van der Waals surface area contributed by atoms with Gasteiger partial charge in [0.25, 0.3) is 0 Å². The first-order valence-corrected chi connectivity index (χ1v) is 11.2. The van der Waals surface area contributed by atoms with Crippen LogP contribution in [0.4, 0.5) is 5.69 Å². The molecule has 31 heavy (non-hydrogen) atoms. The van der Waals surface area contributed by atoms with Crippen LogP contribution in [0.3, 0.4) is 0 Å². The summed E-state index contributed by atoms with van der Waals surface area (Å²) < 4.78 is 5.48. The number of carbonyl (C=O) groups is 1. The Kier molecular flexibility index (Phi) is 5.55. The minimum absolute atomic E-state index is 0.0909. The predicted molar refractivity (Wildman–Crippen MR) is 120 cm³/mol. The lowest BCUT2D eigenvalue weighted by atomic mass is 9.93. The zero-order chi connectivity index (χ0) is 21.2. The first-order valence-electron chi connectivity index (χ1n) is 11.2. The standard InChI is InChI=1S/C25H28N4O2/c1-18-8-10-20(11-9-18)24-26-23(31-27-24)17-28-15-12-21(13-16-28)25(30)29-14-4-6-19-5-2-3-7-22(19)29/h2-3,5,7-11,21H,4,6,12-17H2,1H3. The topological polar surface area (TPSA) is 62.5 Å². The van der Waals surface area contributed by atoms with Gasteiger partial charge in [-0.2, -0.15) is 4.98 Å². The quantitative estimate of drug-likeness (QED) is 0.637. The van der Waals surface area contributed by atoms with Gasteiger partial charge in [0.1, 0.15) is 0 Å². The Bertz CT molecular complexity index is 1050. The maximum Gasteiger partial charge on any atom is 0.241 e. The number of piperidine rings is 1. The van der Waals surface area contributed by atoms with E-state index in [2.05, 4.69) is 40.2 Å². The second-order valence-corrected chi connectivity index (χ2v) is 8.65. The van der Waals surface area contributed by atoms with Gasteiger partial charge in [-0.15, -0.1) is 0 Å². The third kappa shape index (κ3) is 4.26. The van der Waals surface area contributed by atoms with E-state index in [-0.39, 0.29) is 11.8 Å². The maximum absolute atomic E-state index is 13.2. The summed E-state index contributed by atoms with van der Waals surface area (Å²) in [6, 6.07) is 16.5. The molecular weight excluding hydrogens is 388 g/mol. The fourth-order valence-electron chi connectivity index (χ4n) is 4.65. The Labute approximate surface area is 182 Å². The van der Waals surface area contributed by atoms with E-state index in [0.29, 0.717) is 18.3 Å². The summed E-state index contributed by atoms with van der Waals surface area (Å²) in [5.74, 6) is 1.63. The second-order valence-electron chi connectivity index (χ2n) is 8.65. The molecule has 1 fully saturated rings. The highest BCUT2D eigenvalue weighted by Gasteiger charge is 2.31. The number of rotatable bonds is 4. The van der Waals surface area contributed by atoms with Crippen molar-refractivity contribution in [2.45, 2.75) is 39.2 Å². The van der Waals surface area contributed by atoms with Crippen LogP contribution >= 0.6 is 0 Å². The summed E-state index contributed by atoms with van der Waals surface area (Å²) in [6.07, 6.45) is 3.85. The highest BCUT2D eigenvalue weighted by molar-refractivity contribution is 5.96. The van der Waals surface area contributed by atoms with Crippen molar-refractivity contribution in [1.82, 2.24) is 15.0 Å². The summed E-state index contributed by atoms with van der Waals surface area (Å²) >= 11 is 0. The number of para-hydroxylation sites is 1. The third-order valence-electron chi connectivity index (χ3n) is 6.45. The van der Waals surface area contributed by atoms with Gasteiger partial charge in [0.2, 0.25) is 17.6 Å². The van der Waals surface area contributed by atoms with Gasteiger partial charge in [0.15, 0.2) is 0 Å². The van der Waals surface area contributed by atoms with E-state index in [1.807, 2.05) is 35.2 Å². The van der Waals surface area contributed by atoms with E-state index >= 15 is 0 Å². The van der Waals surface area contributed by atoms with E-state index in [9.17, 15) is 4.79 Å². The molecule has 1 saturated heterocycles. The molecule has 5 rings (SSSR count). The Hall–Kier alpha value is -2.99. The molecule has 2 aliphatic heterocycles. The fraction of sp³-hybridized carbons (Fsp3) is 0.400. The van der Waals surface area contributed by atoms with Crippen molar-refractivity contribution in [3.8, 4) is 11.4 Å². The molecule has 160 valence electrons. The SMILES string of the molecule is Cc1ccc(-c2noc(CN3CCC(C(=O)N4CCCc5ccccc54)CC3)n2)cc1. The van der Waals surface area contributed by atoms with Crippen LogP contribution < -0.4 is 4.90 Å². The van der Waals surface area contributed by atoms with Gasteiger partial charge < -0.3 is 9.42 Å². The molecule has 2 aromatic carbocycles. The molecule has 1 aromatic heterocycles. The fourth-order valence-corrected chi connectivity index (χ4v) is 4.65. The molecule has 0 radical (unpaired) electrons. The highest BCUT2D eigenvalue weighted by Crippen LogP contribution is 2.30. The summed E-state index contributed by atoms with van der Waals surface area (Å²) in [6.45, 7) is 5.26. The minimum atomic E-state index is 0.0909. The monoisotopic (exact) mass is 416 g/mol. The number of carbonyl (C=O) groups excluding carboxylic acids is 1. The Morgan fingerprint density at radius 1 is 1.06 bits per heavy atom. The average Bonchev–Trinajstić information content (AvgIpc) is 3.27. The van der Waals surface area contributed by atoms with Crippen molar-refractivity contribution in [2.24, 2.45) is 5.92 Å². The number of nitrogens with zero attached hydrogens (tertiary/aromatic N) is 4. The lowest BCUT2D eigenvalue weighted by Crippen LogP contribution is -2.44. The maximum atomic E-state index is 13.2. The van der Waals surface area contributed by atoms with Crippen LogP contribution in [0.2, 0.25) is 0 Å². The summed E-state index contributed by atoms with van der Waals surface area (Å²) in [7, 11) is 0. The van der Waals surface area contributed by atoms with Gasteiger partial charge >= 0.3 is 0 Å². The summed E-state index contributed by atoms with van der Waals surface area (Å²) in [5.41, 5.74) is 4.57. The van der Waals surface area contributed by atoms with Crippen molar-refractivity contribution in [3.63, 3.8) is 0 Å². The van der Waals surface area contributed by atoms with E-state index in [0.717, 1.165) is 56.6 Å². The number of hydrogen-bond donors (Lipinski definition) is 0. The minimum Gasteiger partial charge on any atom is -0.338 e. The molecule has 3 heterocycles. The molecule has 6 heteroatoms. The molecule has 0 unspecified atom stereocenters. The number of benzene rings is 2.